The fourth-order valence-electron chi connectivity index (χ4n) is 1.57. The number of nitrogens with zero attached hydrogens (tertiary/aromatic N) is 2. The maximum Gasteiger partial charge on any atom is 0.213 e. The van der Waals surface area contributed by atoms with Crippen LogP contribution < -0.4 is 10.1 Å². The highest BCUT2D eigenvalue weighted by molar-refractivity contribution is 5.85. The molecule has 4 nitrogen and oxygen atoms in total. The first-order valence-corrected chi connectivity index (χ1v) is 6.03. The van der Waals surface area contributed by atoms with Crippen LogP contribution in [0.25, 0.3) is 0 Å². The van der Waals surface area contributed by atoms with Crippen molar-refractivity contribution in [2.24, 2.45) is 0 Å². The molecule has 0 aliphatic rings. The first-order valence-electron chi connectivity index (χ1n) is 6.03. The van der Waals surface area contributed by atoms with Gasteiger partial charge in [-0.25, -0.2) is 4.98 Å². The number of nitrogens with one attached hydrogen (secondary N) is 1. The molecule has 102 valence electrons. The van der Waals surface area contributed by atoms with Crippen LogP contribution in [0.1, 0.15) is 12.6 Å². The SMILES string of the molecule is CC(CNCc1ccccn1)Oc1ccccn1.Cl. The minimum atomic E-state index is 0. The molecule has 0 spiro atoms. The quantitative estimate of drug-likeness (QED) is 0.882. The van der Waals surface area contributed by atoms with Crippen LogP contribution in [0.5, 0.6) is 5.88 Å². The van der Waals surface area contributed by atoms with Gasteiger partial charge < -0.3 is 10.1 Å². The summed E-state index contributed by atoms with van der Waals surface area (Å²) in [4.78, 5) is 8.37. The Labute approximate surface area is 119 Å². The first kappa shape index (κ1) is 15.4. The van der Waals surface area contributed by atoms with E-state index < -0.39 is 0 Å². The fourth-order valence-corrected chi connectivity index (χ4v) is 1.57. The zero-order valence-electron chi connectivity index (χ0n) is 10.8. The third-order valence-corrected chi connectivity index (χ3v) is 2.42. The lowest BCUT2D eigenvalue weighted by Gasteiger charge is -2.14. The molecule has 2 aromatic heterocycles. The molecular formula is C14H18ClN3O. The fraction of sp³-hybridized carbons (Fsp3) is 0.286. The Morgan fingerprint density at radius 2 is 1.84 bits per heavy atom. The zero-order chi connectivity index (χ0) is 12.6. The number of ether oxygens (including phenoxy) is 1. The summed E-state index contributed by atoms with van der Waals surface area (Å²) in [7, 11) is 0. The highest BCUT2D eigenvalue weighted by Crippen LogP contribution is 2.05. The second kappa shape index (κ2) is 8.45. The summed E-state index contributed by atoms with van der Waals surface area (Å²) in [5.74, 6) is 0.657. The van der Waals surface area contributed by atoms with Gasteiger partial charge in [-0.05, 0) is 25.1 Å². The molecule has 0 saturated carbocycles. The van der Waals surface area contributed by atoms with Crippen molar-refractivity contribution in [3.8, 4) is 5.88 Å². The van der Waals surface area contributed by atoms with Crippen molar-refractivity contribution in [3.63, 3.8) is 0 Å². The van der Waals surface area contributed by atoms with E-state index in [1.54, 1.807) is 12.4 Å². The summed E-state index contributed by atoms with van der Waals surface area (Å²) < 4.78 is 5.66. The van der Waals surface area contributed by atoms with Gasteiger partial charge in [0.05, 0.1) is 5.69 Å². The number of hydrogen-bond donors (Lipinski definition) is 1. The number of hydrogen-bond acceptors (Lipinski definition) is 4. The Morgan fingerprint density at radius 1 is 1.11 bits per heavy atom. The third kappa shape index (κ3) is 5.68. The van der Waals surface area contributed by atoms with Crippen LogP contribution >= 0.6 is 12.4 Å². The van der Waals surface area contributed by atoms with Crippen LogP contribution in [0.3, 0.4) is 0 Å². The van der Waals surface area contributed by atoms with Gasteiger partial charge in [0, 0.05) is 31.5 Å². The maximum absolute atomic E-state index is 5.66. The van der Waals surface area contributed by atoms with Crippen LogP contribution in [0.2, 0.25) is 0 Å². The first-order chi connectivity index (χ1) is 8.84. The third-order valence-electron chi connectivity index (χ3n) is 2.42. The maximum atomic E-state index is 5.66. The topological polar surface area (TPSA) is 47.0 Å². The van der Waals surface area contributed by atoms with E-state index in [0.717, 1.165) is 18.8 Å². The molecule has 0 fully saturated rings. The molecule has 0 radical (unpaired) electrons. The van der Waals surface area contributed by atoms with Crippen LogP contribution in [-0.2, 0) is 6.54 Å². The van der Waals surface area contributed by atoms with E-state index in [1.165, 1.54) is 0 Å². The molecule has 2 aromatic rings. The van der Waals surface area contributed by atoms with Gasteiger partial charge in [0.25, 0.3) is 0 Å². The minimum absolute atomic E-state index is 0. The normalized spacial score (nSPS) is 11.4. The van der Waals surface area contributed by atoms with Crippen molar-refractivity contribution in [2.75, 3.05) is 6.54 Å². The number of pyridine rings is 2. The predicted octanol–water partition coefficient (Wildman–Crippen LogP) is 2.46. The Bertz CT molecular complexity index is 453. The molecule has 1 N–H and O–H groups in total. The summed E-state index contributed by atoms with van der Waals surface area (Å²) in [6, 6.07) is 11.5. The Kier molecular flexibility index (Phi) is 6.85. The van der Waals surface area contributed by atoms with Crippen molar-refractivity contribution < 1.29 is 4.74 Å². The summed E-state index contributed by atoms with van der Waals surface area (Å²) in [6.07, 6.45) is 3.59. The summed E-state index contributed by atoms with van der Waals surface area (Å²) in [5, 5.41) is 3.31. The van der Waals surface area contributed by atoms with Crippen molar-refractivity contribution in [2.45, 2.75) is 19.6 Å². The molecule has 1 atom stereocenters. The van der Waals surface area contributed by atoms with Gasteiger partial charge in [-0.1, -0.05) is 12.1 Å². The van der Waals surface area contributed by atoms with Gasteiger partial charge in [0.2, 0.25) is 5.88 Å². The molecule has 19 heavy (non-hydrogen) atoms. The number of aromatic nitrogens is 2. The van der Waals surface area contributed by atoms with E-state index in [-0.39, 0.29) is 18.5 Å². The zero-order valence-corrected chi connectivity index (χ0v) is 11.6. The molecule has 2 heterocycles. The van der Waals surface area contributed by atoms with Crippen molar-refractivity contribution >= 4 is 12.4 Å². The van der Waals surface area contributed by atoms with Gasteiger partial charge in [-0.2, -0.15) is 0 Å². The standard InChI is InChI=1S/C14H17N3O.ClH/c1-12(18-14-7-3-5-9-17-14)10-15-11-13-6-2-4-8-16-13;/h2-9,12,15H,10-11H2,1H3;1H. The van der Waals surface area contributed by atoms with Gasteiger partial charge in [0.1, 0.15) is 6.10 Å². The average Bonchev–Trinajstić information content (AvgIpc) is 2.41. The monoisotopic (exact) mass is 279 g/mol. The second-order valence-corrected chi connectivity index (χ2v) is 4.05. The van der Waals surface area contributed by atoms with Gasteiger partial charge >= 0.3 is 0 Å². The lowest BCUT2D eigenvalue weighted by molar-refractivity contribution is 0.208. The van der Waals surface area contributed by atoms with Crippen LogP contribution in [0.15, 0.2) is 48.8 Å². The van der Waals surface area contributed by atoms with E-state index in [4.69, 9.17) is 4.74 Å². The Balaban J connectivity index is 0.00000180. The summed E-state index contributed by atoms with van der Waals surface area (Å²) >= 11 is 0. The van der Waals surface area contributed by atoms with Crippen molar-refractivity contribution in [3.05, 3.63) is 54.5 Å². The van der Waals surface area contributed by atoms with Crippen LogP contribution in [0, 0.1) is 0 Å². The minimum Gasteiger partial charge on any atom is -0.473 e. The molecule has 0 amide bonds. The molecule has 0 aliphatic carbocycles. The highest BCUT2D eigenvalue weighted by Gasteiger charge is 2.04. The summed E-state index contributed by atoms with van der Waals surface area (Å²) in [6.45, 7) is 3.52. The van der Waals surface area contributed by atoms with E-state index in [9.17, 15) is 0 Å². The Hall–Kier alpha value is -1.65. The van der Waals surface area contributed by atoms with E-state index in [0.29, 0.717) is 5.88 Å². The number of halogens is 1. The molecule has 0 aromatic carbocycles. The molecular weight excluding hydrogens is 262 g/mol. The van der Waals surface area contributed by atoms with E-state index in [1.807, 2.05) is 43.3 Å². The summed E-state index contributed by atoms with van der Waals surface area (Å²) in [5.41, 5.74) is 1.03. The van der Waals surface area contributed by atoms with Crippen LogP contribution in [0.4, 0.5) is 0 Å². The Morgan fingerprint density at radius 3 is 2.47 bits per heavy atom. The predicted molar refractivity (Wildman–Crippen MR) is 77.5 cm³/mol. The highest BCUT2D eigenvalue weighted by atomic mass is 35.5. The van der Waals surface area contributed by atoms with Gasteiger partial charge in [0.15, 0.2) is 0 Å². The van der Waals surface area contributed by atoms with E-state index in [2.05, 4.69) is 15.3 Å². The lowest BCUT2D eigenvalue weighted by atomic mass is 10.3. The molecule has 0 aliphatic heterocycles. The lowest BCUT2D eigenvalue weighted by Crippen LogP contribution is -2.29. The van der Waals surface area contributed by atoms with Crippen molar-refractivity contribution in [1.82, 2.24) is 15.3 Å². The average molecular weight is 280 g/mol. The smallest absolute Gasteiger partial charge is 0.213 e. The molecule has 1 unspecified atom stereocenters. The molecule has 0 saturated heterocycles. The van der Waals surface area contributed by atoms with E-state index >= 15 is 0 Å². The van der Waals surface area contributed by atoms with Gasteiger partial charge in [-0.3, -0.25) is 4.98 Å². The van der Waals surface area contributed by atoms with Crippen molar-refractivity contribution in [1.29, 1.82) is 0 Å². The van der Waals surface area contributed by atoms with Gasteiger partial charge in [-0.15, -0.1) is 12.4 Å². The van der Waals surface area contributed by atoms with Crippen LogP contribution in [-0.4, -0.2) is 22.6 Å². The molecule has 0 bridgehead atoms. The largest absolute Gasteiger partial charge is 0.473 e. The molecule has 5 heteroatoms. The molecule has 2 rings (SSSR count). The number of rotatable bonds is 6. The second-order valence-electron chi connectivity index (χ2n) is 4.05.